The number of hydrogen-bond donors (Lipinski definition) is 2. The summed E-state index contributed by atoms with van der Waals surface area (Å²) in [5.74, 6) is 1.30. The van der Waals surface area contributed by atoms with Gasteiger partial charge in [0.2, 0.25) is 5.91 Å². The van der Waals surface area contributed by atoms with Crippen molar-refractivity contribution < 1.29 is 14.3 Å². The summed E-state index contributed by atoms with van der Waals surface area (Å²) in [5, 5.41) is 6.29. The minimum Gasteiger partial charge on any atom is -0.497 e. The van der Waals surface area contributed by atoms with E-state index in [9.17, 15) is 4.79 Å². The Hall–Kier alpha value is -1.75. The van der Waals surface area contributed by atoms with Gasteiger partial charge < -0.3 is 20.1 Å². The molecule has 2 rings (SSSR count). The van der Waals surface area contributed by atoms with Gasteiger partial charge in [-0.05, 0) is 37.9 Å². The summed E-state index contributed by atoms with van der Waals surface area (Å²) >= 11 is 0. The number of rotatable bonds is 5. The van der Waals surface area contributed by atoms with E-state index in [1.54, 1.807) is 32.4 Å². The summed E-state index contributed by atoms with van der Waals surface area (Å²) in [4.78, 5) is 12.5. The molecule has 0 bridgehead atoms. The summed E-state index contributed by atoms with van der Waals surface area (Å²) < 4.78 is 10.5. The van der Waals surface area contributed by atoms with E-state index in [2.05, 4.69) is 10.6 Å². The third-order valence-electron chi connectivity index (χ3n) is 3.94. The van der Waals surface area contributed by atoms with Gasteiger partial charge in [0, 0.05) is 6.07 Å². The average Bonchev–Trinajstić information content (AvgIpc) is 2.97. The van der Waals surface area contributed by atoms with Crippen LogP contribution >= 0.6 is 0 Å². The molecule has 1 unspecified atom stereocenters. The van der Waals surface area contributed by atoms with Gasteiger partial charge in [-0.1, -0.05) is 6.92 Å². The zero-order chi connectivity index (χ0) is 14.6. The summed E-state index contributed by atoms with van der Waals surface area (Å²) in [6.45, 7) is 2.92. The molecular weight excluding hydrogens is 256 g/mol. The van der Waals surface area contributed by atoms with Crippen molar-refractivity contribution in [2.45, 2.75) is 31.7 Å². The van der Waals surface area contributed by atoms with Gasteiger partial charge in [0.05, 0.1) is 25.4 Å². The van der Waals surface area contributed by atoms with Gasteiger partial charge >= 0.3 is 0 Å². The lowest BCUT2D eigenvalue weighted by molar-refractivity contribution is -0.122. The summed E-state index contributed by atoms with van der Waals surface area (Å²) in [6.07, 6.45) is 2.67. The van der Waals surface area contributed by atoms with Crippen LogP contribution in [0.25, 0.3) is 0 Å². The van der Waals surface area contributed by atoms with E-state index < -0.39 is 5.54 Å². The molecule has 5 nitrogen and oxygen atoms in total. The molecule has 0 spiro atoms. The van der Waals surface area contributed by atoms with Crippen molar-refractivity contribution in [3.05, 3.63) is 18.2 Å². The third kappa shape index (κ3) is 2.72. The predicted molar refractivity (Wildman–Crippen MR) is 78.4 cm³/mol. The molecule has 1 saturated heterocycles. The van der Waals surface area contributed by atoms with E-state index >= 15 is 0 Å². The highest BCUT2D eigenvalue weighted by Crippen LogP contribution is 2.31. The fraction of sp³-hybridized carbons (Fsp3) is 0.533. The molecule has 20 heavy (non-hydrogen) atoms. The molecule has 2 N–H and O–H groups in total. The molecule has 1 aromatic rings. The Morgan fingerprint density at radius 1 is 1.40 bits per heavy atom. The van der Waals surface area contributed by atoms with Crippen LogP contribution in [-0.2, 0) is 4.79 Å². The van der Waals surface area contributed by atoms with Crippen molar-refractivity contribution in [3.63, 3.8) is 0 Å². The maximum Gasteiger partial charge on any atom is 0.244 e. The Bertz CT molecular complexity index is 482. The van der Waals surface area contributed by atoms with Crippen LogP contribution in [0.1, 0.15) is 26.2 Å². The van der Waals surface area contributed by atoms with Crippen LogP contribution in [0.5, 0.6) is 11.5 Å². The maximum absolute atomic E-state index is 12.5. The molecular formula is C15H22N2O3. The molecule has 1 amide bonds. The quantitative estimate of drug-likeness (QED) is 0.866. The number of anilines is 1. The van der Waals surface area contributed by atoms with Crippen molar-refractivity contribution in [2.75, 3.05) is 26.1 Å². The van der Waals surface area contributed by atoms with Gasteiger partial charge in [-0.25, -0.2) is 0 Å². The predicted octanol–water partition coefficient (Wildman–Crippen LogP) is 2.17. The zero-order valence-corrected chi connectivity index (χ0v) is 12.3. The van der Waals surface area contributed by atoms with Crippen LogP contribution in [0.15, 0.2) is 18.2 Å². The number of nitrogens with one attached hydrogen (secondary N) is 2. The smallest absolute Gasteiger partial charge is 0.244 e. The van der Waals surface area contributed by atoms with Crippen LogP contribution in [0.4, 0.5) is 5.69 Å². The highest BCUT2D eigenvalue weighted by molar-refractivity contribution is 5.99. The number of carbonyl (C=O) groups is 1. The molecule has 1 heterocycles. The second-order valence-electron chi connectivity index (χ2n) is 4.99. The number of carbonyl (C=O) groups excluding carboxylic acids is 1. The van der Waals surface area contributed by atoms with E-state index in [-0.39, 0.29) is 5.91 Å². The molecule has 1 atom stereocenters. The first-order valence-electron chi connectivity index (χ1n) is 6.93. The molecule has 0 radical (unpaired) electrons. The SMILES string of the molecule is CCC1(C(=O)Nc2ccc(OC)cc2OC)CCCN1. The summed E-state index contributed by atoms with van der Waals surface area (Å²) in [6, 6.07) is 5.36. The maximum atomic E-state index is 12.5. The van der Waals surface area contributed by atoms with Gasteiger partial charge in [0.15, 0.2) is 0 Å². The number of ether oxygens (including phenoxy) is 2. The highest BCUT2D eigenvalue weighted by atomic mass is 16.5. The fourth-order valence-corrected chi connectivity index (χ4v) is 2.61. The minimum atomic E-state index is -0.453. The largest absolute Gasteiger partial charge is 0.497 e. The van der Waals surface area contributed by atoms with Crippen molar-refractivity contribution in [1.29, 1.82) is 0 Å². The molecule has 0 saturated carbocycles. The Morgan fingerprint density at radius 2 is 2.20 bits per heavy atom. The van der Waals surface area contributed by atoms with Gasteiger partial charge in [0.25, 0.3) is 0 Å². The van der Waals surface area contributed by atoms with Gasteiger partial charge in [0.1, 0.15) is 11.5 Å². The standard InChI is InChI=1S/C15H22N2O3/c1-4-15(8-5-9-16-15)14(18)17-12-7-6-11(19-2)10-13(12)20-3/h6-7,10,16H,4-5,8-9H2,1-3H3,(H,17,18). The topological polar surface area (TPSA) is 59.6 Å². The monoisotopic (exact) mass is 278 g/mol. The molecule has 1 aliphatic heterocycles. The second kappa shape index (κ2) is 6.13. The van der Waals surface area contributed by atoms with Gasteiger partial charge in [-0.15, -0.1) is 0 Å². The third-order valence-corrected chi connectivity index (χ3v) is 3.94. The van der Waals surface area contributed by atoms with Crippen LogP contribution < -0.4 is 20.1 Å². The number of benzene rings is 1. The second-order valence-corrected chi connectivity index (χ2v) is 4.99. The Labute approximate surface area is 119 Å². The number of methoxy groups -OCH3 is 2. The molecule has 0 aliphatic carbocycles. The average molecular weight is 278 g/mol. The molecule has 0 aromatic heterocycles. The fourth-order valence-electron chi connectivity index (χ4n) is 2.61. The van der Waals surface area contributed by atoms with E-state index in [1.165, 1.54) is 0 Å². The zero-order valence-electron chi connectivity index (χ0n) is 12.3. The summed E-state index contributed by atoms with van der Waals surface area (Å²) in [5.41, 5.74) is 0.213. The molecule has 1 aromatic carbocycles. The number of hydrogen-bond acceptors (Lipinski definition) is 4. The first kappa shape index (κ1) is 14.7. The lowest BCUT2D eigenvalue weighted by Crippen LogP contribution is -2.50. The van der Waals surface area contributed by atoms with Crippen LogP contribution in [0.2, 0.25) is 0 Å². The van der Waals surface area contributed by atoms with E-state index in [4.69, 9.17) is 9.47 Å². The lowest BCUT2D eigenvalue weighted by Gasteiger charge is -2.27. The minimum absolute atomic E-state index is 0.000895. The molecule has 110 valence electrons. The highest BCUT2D eigenvalue weighted by Gasteiger charge is 2.39. The molecule has 1 aliphatic rings. The van der Waals surface area contributed by atoms with Crippen LogP contribution in [-0.4, -0.2) is 32.2 Å². The van der Waals surface area contributed by atoms with E-state index in [0.717, 1.165) is 25.8 Å². The van der Waals surface area contributed by atoms with Crippen molar-refractivity contribution in [3.8, 4) is 11.5 Å². The van der Waals surface area contributed by atoms with Gasteiger partial charge in [-0.3, -0.25) is 4.79 Å². The molecule has 5 heteroatoms. The normalized spacial score (nSPS) is 21.6. The lowest BCUT2D eigenvalue weighted by atomic mass is 9.93. The Balaban J connectivity index is 2.19. The summed E-state index contributed by atoms with van der Waals surface area (Å²) in [7, 11) is 3.18. The van der Waals surface area contributed by atoms with Crippen molar-refractivity contribution in [1.82, 2.24) is 5.32 Å². The van der Waals surface area contributed by atoms with Crippen LogP contribution in [0, 0.1) is 0 Å². The van der Waals surface area contributed by atoms with Gasteiger partial charge in [-0.2, -0.15) is 0 Å². The first-order chi connectivity index (χ1) is 9.65. The Kier molecular flexibility index (Phi) is 4.49. The first-order valence-corrected chi connectivity index (χ1v) is 6.93. The van der Waals surface area contributed by atoms with Crippen molar-refractivity contribution >= 4 is 11.6 Å². The van der Waals surface area contributed by atoms with E-state index in [1.807, 2.05) is 6.92 Å². The molecule has 1 fully saturated rings. The van der Waals surface area contributed by atoms with Crippen LogP contribution in [0.3, 0.4) is 0 Å². The number of amides is 1. The van der Waals surface area contributed by atoms with E-state index in [0.29, 0.717) is 17.2 Å². The van der Waals surface area contributed by atoms with Crippen molar-refractivity contribution in [2.24, 2.45) is 0 Å². The Morgan fingerprint density at radius 3 is 2.75 bits per heavy atom.